The predicted octanol–water partition coefficient (Wildman–Crippen LogP) is 4.07. The fraction of sp³-hybridized carbons (Fsp3) is 0.208. The van der Waals surface area contributed by atoms with Gasteiger partial charge >= 0.3 is 0 Å². The van der Waals surface area contributed by atoms with Crippen molar-refractivity contribution in [2.75, 3.05) is 13.1 Å². The highest BCUT2D eigenvalue weighted by Crippen LogP contribution is 2.29. The molecule has 0 saturated carbocycles. The average molecular weight is 370 g/mol. The fourth-order valence-corrected chi connectivity index (χ4v) is 3.82. The van der Waals surface area contributed by atoms with Gasteiger partial charge in [-0.15, -0.1) is 0 Å². The van der Waals surface area contributed by atoms with E-state index in [0.29, 0.717) is 11.5 Å². The van der Waals surface area contributed by atoms with E-state index in [2.05, 4.69) is 6.07 Å². The second-order valence-electron chi connectivity index (χ2n) is 7.26. The number of carbonyl (C=O) groups excluding carboxylic acids is 1. The molecule has 0 spiro atoms. The predicted molar refractivity (Wildman–Crippen MR) is 109 cm³/mol. The molecular formula is C24H22N2O2. The van der Waals surface area contributed by atoms with E-state index in [4.69, 9.17) is 6.92 Å². The van der Waals surface area contributed by atoms with Crippen LogP contribution in [-0.4, -0.2) is 23.9 Å². The summed E-state index contributed by atoms with van der Waals surface area (Å²) in [6.45, 7) is 7.40. The lowest BCUT2D eigenvalue weighted by atomic mass is 9.88. The maximum Gasteiger partial charge on any atom is 0.253 e. The molecule has 2 aromatic carbocycles. The Hall–Kier alpha value is -3.14. The first-order valence-electron chi connectivity index (χ1n) is 9.54. The number of hydrogen-bond donors (Lipinski definition) is 0. The highest BCUT2D eigenvalue weighted by molar-refractivity contribution is 5.94. The van der Waals surface area contributed by atoms with Gasteiger partial charge in [0.1, 0.15) is 0 Å². The van der Waals surface area contributed by atoms with Crippen LogP contribution in [0.3, 0.4) is 0 Å². The van der Waals surface area contributed by atoms with Gasteiger partial charge in [-0.25, -0.2) is 0 Å². The number of carbonyl (C=O) groups is 1. The molecule has 140 valence electrons. The van der Waals surface area contributed by atoms with Crippen LogP contribution in [0.1, 0.15) is 40.2 Å². The number of piperidine rings is 1. The average Bonchev–Trinajstić information content (AvgIpc) is 2.74. The molecular weight excluding hydrogens is 348 g/mol. The number of benzene rings is 2. The van der Waals surface area contributed by atoms with Crippen LogP contribution >= 0.6 is 0 Å². The summed E-state index contributed by atoms with van der Waals surface area (Å²) in [5.41, 5.74) is 4.69. The van der Waals surface area contributed by atoms with Gasteiger partial charge in [0.25, 0.3) is 5.91 Å². The summed E-state index contributed by atoms with van der Waals surface area (Å²) in [6, 6.07) is 19.2. The molecule has 0 aliphatic carbocycles. The Kier molecular flexibility index (Phi) is 5.11. The molecule has 1 amide bonds. The molecule has 2 radical (unpaired) electrons. The van der Waals surface area contributed by atoms with E-state index in [1.54, 1.807) is 12.1 Å². The first kappa shape index (κ1) is 18.2. The van der Waals surface area contributed by atoms with Gasteiger partial charge in [-0.2, -0.15) is 4.73 Å². The van der Waals surface area contributed by atoms with Crippen LogP contribution in [-0.2, 0) is 0 Å². The highest BCUT2D eigenvalue weighted by Gasteiger charge is 2.24. The molecule has 1 aliphatic heterocycles. The standard InChI is InChI=1S/C24H22N2O2/c1-18-3-2-4-23(17-18)21-9-13-25(14-10-21)24(27)22-7-5-19(6-8-22)20-11-15-26(28)16-12-20/h1-8,11-12,15-17,21H,9-10,13-14H2. The van der Waals surface area contributed by atoms with E-state index in [9.17, 15) is 10.0 Å². The third kappa shape index (κ3) is 3.91. The molecule has 1 saturated heterocycles. The molecule has 0 unspecified atom stereocenters. The normalized spacial score (nSPS) is 14.8. The fourth-order valence-electron chi connectivity index (χ4n) is 3.82. The van der Waals surface area contributed by atoms with E-state index < -0.39 is 0 Å². The minimum Gasteiger partial charge on any atom is -0.619 e. The van der Waals surface area contributed by atoms with E-state index in [0.717, 1.165) is 47.4 Å². The summed E-state index contributed by atoms with van der Waals surface area (Å²) < 4.78 is 0.759. The number of rotatable bonds is 3. The first-order chi connectivity index (χ1) is 13.6. The molecule has 4 rings (SSSR count). The van der Waals surface area contributed by atoms with Crippen LogP contribution in [0.25, 0.3) is 11.1 Å². The van der Waals surface area contributed by atoms with E-state index in [-0.39, 0.29) is 5.91 Å². The molecule has 2 heterocycles. The maximum absolute atomic E-state index is 12.9. The minimum atomic E-state index is 0.0723. The SMILES string of the molecule is [CH]c1cccc(C2CCN(C(=O)c3ccc(-c4cc[n+]([O-])cc4)cc3)CC2)c1. The van der Waals surface area contributed by atoms with Crippen LogP contribution in [0.4, 0.5) is 0 Å². The van der Waals surface area contributed by atoms with Crippen molar-refractivity contribution in [1.29, 1.82) is 0 Å². The summed E-state index contributed by atoms with van der Waals surface area (Å²) in [4.78, 5) is 14.8. The zero-order valence-electron chi connectivity index (χ0n) is 15.6. The molecule has 0 bridgehead atoms. The highest BCUT2D eigenvalue weighted by atomic mass is 16.5. The van der Waals surface area contributed by atoms with Crippen molar-refractivity contribution in [2.45, 2.75) is 18.8 Å². The van der Waals surface area contributed by atoms with Crippen LogP contribution in [0.5, 0.6) is 0 Å². The maximum atomic E-state index is 12.9. The lowest BCUT2D eigenvalue weighted by Gasteiger charge is -2.32. The molecule has 0 atom stereocenters. The zero-order chi connectivity index (χ0) is 19.5. The summed E-state index contributed by atoms with van der Waals surface area (Å²) >= 11 is 0. The lowest BCUT2D eigenvalue weighted by Crippen LogP contribution is -2.37. The van der Waals surface area contributed by atoms with Crippen molar-refractivity contribution in [2.24, 2.45) is 0 Å². The first-order valence-corrected chi connectivity index (χ1v) is 9.54. The van der Waals surface area contributed by atoms with Crippen molar-refractivity contribution >= 4 is 5.91 Å². The van der Waals surface area contributed by atoms with E-state index >= 15 is 0 Å². The van der Waals surface area contributed by atoms with Gasteiger partial charge in [-0.05, 0) is 60.1 Å². The quantitative estimate of drug-likeness (QED) is 0.515. The Morgan fingerprint density at radius 3 is 2.25 bits per heavy atom. The third-order valence-corrected chi connectivity index (χ3v) is 5.43. The monoisotopic (exact) mass is 370 g/mol. The summed E-state index contributed by atoms with van der Waals surface area (Å²) in [6.07, 6.45) is 4.84. The number of pyridine rings is 1. The van der Waals surface area contributed by atoms with Crippen LogP contribution in [0.2, 0.25) is 0 Å². The number of likely N-dealkylation sites (tertiary alicyclic amines) is 1. The molecule has 4 nitrogen and oxygen atoms in total. The summed E-state index contributed by atoms with van der Waals surface area (Å²) in [7, 11) is 0. The Labute approximate surface area is 165 Å². The topological polar surface area (TPSA) is 47.2 Å². The Balaban J connectivity index is 1.40. The molecule has 28 heavy (non-hydrogen) atoms. The second kappa shape index (κ2) is 7.85. The Morgan fingerprint density at radius 1 is 0.964 bits per heavy atom. The van der Waals surface area contributed by atoms with Crippen LogP contribution in [0, 0.1) is 12.1 Å². The smallest absolute Gasteiger partial charge is 0.253 e. The second-order valence-corrected chi connectivity index (χ2v) is 7.26. The largest absolute Gasteiger partial charge is 0.619 e. The number of hydrogen-bond acceptors (Lipinski definition) is 2. The van der Waals surface area contributed by atoms with Gasteiger partial charge in [0.15, 0.2) is 12.4 Å². The number of nitrogens with zero attached hydrogens (tertiary/aromatic N) is 2. The molecule has 0 N–H and O–H groups in total. The zero-order valence-corrected chi connectivity index (χ0v) is 15.6. The van der Waals surface area contributed by atoms with Crippen molar-refractivity contribution in [1.82, 2.24) is 4.90 Å². The number of amides is 1. The lowest BCUT2D eigenvalue weighted by molar-refractivity contribution is -0.605. The van der Waals surface area contributed by atoms with Crippen molar-refractivity contribution in [3.05, 3.63) is 102 Å². The van der Waals surface area contributed by atoms with E-state index in [1.807, 2.05) is 47.4 Å². The van der Waals surface area contributed by atoms with Gasteiger partial charge in [0, 0.05) is 30.8 Å². The van der Waals surface area contributed by atoms with Gasteiger partial charge < -0.3 is 10.1 Å². The summed E-state index contributed by atoms with van der Waals surface area (Å²) in [5.74, 6) is 0.528. The minimum absolute atomic E-state index is 0.0723. The van der Waals surface area contributed by atoms with Crippen molar-refractivity contribution < 1.29 is 9.52 Å². The van der Waals surface area contributed by atoms with Gasteiger partial charge in [-0.3, -0.25) is 4.79 Å². The van der Waals surface area contributed by atoms with Crippen molar-refractivity contribution in [3.8, 4) is 11.1 Å². The molecule has 1 aromatic heterocycles. The van der Waals surface area contributed by atoms with Gasteiger partial charge in [0.05, 0.1) is 0 Å². The van der Waals surface area contributed by atoms with E-state index in [1.165, 1.54) is 18.0 Å². The van der Waals surface area contributed by atoms with Crippen LogP contribution in [0.15, 0.2) is 73.1 Å². The Morgan fingerprint density at radius 2 is 1.61 bits per heavy atom. The molecule has 3 aromatic rings. The van der Waals surface area contributed by atoms with Crippen molar-refractivity contribution in [3.63, 3.8) is 0 Å². The van der Waals surface area contributed by atoms with Crippen LogP contribution < -0.4 is 4.73 Å². The van der Waals surface area contributed by atoms with Gasteiger partial charge in [0.2, 0.25) is 0 Å². The summed E-state index contributed by atoms with van der Waals surface area (Å²) in [5, 5.41) is 11.2. The molecule has 1 fully saturated rings. The Bertz CT molecular complexity index is 957. The number of aromatic nitrogens is 1. The molecule has 4 heteroatoms. The third-order valence-electron chi connectivity index (χ3n) is 5.43. The molecule has 1 aliphatic rings. The van der Waals surface area contributed by atoms with Gasteiger partial charge in [-0.1, -0.05) is 36.4 Å².